The van der Waals surface area contributed by atoms with Gasteiger partial charge in [-0.25, -0.2) is 13.1 Å². The van der Waals surface area contributed by atoms with Crippen LogP contribution in [-0.4, -0.2) is 32.5 Å². The van der Waals surface area contributed by atoms with Gasteiger partial charge in [0.1, 0.15) is 5.52 Å². The predicted octanol–water partition coefficient (Wildman–Crippen LogP) is 2.78. The molecule has 1 atom stereocenters. The molecule has 1 aromatic heterocycles. The fourth-order valence-electron chi connectivity index (χ4n) is 3.17. The van der Waals surface area contributed by atoms with Crippen LogP contribution in [0.5, 0.6) is 0 Å². The van der Waals surface area contributed by atoms with Crippen LogP contribution in [0.25, 0.3) is 11.1 Å². The average molecular weight is 357 g/mol. The Bertz CT molecular complexity index is 936. The molecule has 1 unspecified atom stereocenters. The summed E-state index contributed by atoms with van der Waals surface area (Å²) < 4.78 is 33.4. The van der Waals surface area contributed by atoms with Crippen molar-refractivity contribution in [2.24, 2.45) is 0 Å². The Hall–Kier alpha value is -2.38. The van der Waals surface area contributed by atoms with E-state index in [1.807, 2.05) is 29.2 Å². The SMILES string of the molecule is O=S(=O)(NCC1CCCN1c1nc2ccccc2o1)c1ccccc1. The number of benzene rings is 2. The molecule has 1 aliphatic rings. The first-order chi connectivity index (χ1) is 12.1. The van der Waals surface area contributed by atoms with Crippen molar-refractivity contribution in [1.82, 2.24) is 9.71 Å². The lowest BCUT2D eigenvalue weighted by molar-refractivity contribution is 0.534. The molecule has 0 amide bonds. The molecule has 0 aliphatic carbocycles. The number of aromatic nitrogens is 1. The molecule has 7 heteroatoms. The summed E-state index contributed by atoms with van der Waals surface area (Å²) in [6.07, 6.45) is 1.88. The Morgan fingerprint density at radius 3 is 2.68 bits per heavy atom. The summed E-state index contributed by atoms with van der Waals surface area (Å²) in [5, 5.41) is 0. The van der Waals surface area contributed by atoms with E-state index in [1.165, 1.54) is 0 Å². The first-order valence-electron chi connectivity index (χ1n) is 8.30. The minimum Gasteiger partial charge on any atom is -0.423 e. The van der Waals surface area contributed by atoms with Gasteiger partial charge in [0.05, 0.1) is 4.90 Å². The molecular formula is C18H19N3O3S. The molecule has 0 radical (unpaired) electrons. The van der Waals surface area contributed by atoms with E-state index in [9.17, 15) is 8.42 Å². The van der Waals surface area contributed by atoms with Crippen molar-refractivity contribution in [3.63, 3.8) is 0 Å². The quantitative estimate of drug-likeness (QED) is 0.760. The van der Waals surface area contributed by atoms with Gasteiger partial charge < -0.3 is 9.32 Å². The van der Waals surface area contributed by atoms with Crippen molar-refractivity contribution in [3.8, 4) is 0 Å². The van der Waals surface area contributed by atoms with E-state index < -0.39 is 10.0 Å². The van der Waals surface area contributed by atoms with Gasteiger partial charge in [-0.3, -0.25) is 0 Å². The number of nitrogens with zero attached hydrogens (tertiary/aromatic N) is 2. The Balaban J connectivity index is 1.50. The molecule has 4 rings (SSSR count). The molecule has 1 N–H and O–H groups in total. The summed E-state index contributed by atoms with van der Waals surface area (Å²) >= 11 is 0. The molecule has 1 saturated heterocycles. The number of rotatable bonds is 5. The van der Waals surface area contributed by atoms with E-state index in [2.05, 4.69) is 9.71 Å². The first kappa shape index (κ1) is 16.1. The van der Waals surface area contributed by atoms with Gasteiger partial charge in [0.2, 0.25) is 10.0 Å². The molecule has 1 aliphatic heterocycles. The summed E-state index contributed by atoms with van der Waals surface area (Å²) in [6.45, 7) is 1.14. The molecule has 0 bridgehead atoms. The highest BCUT2D eigenvalue weighted by Crippen LogP contribution is 2.28. The minimum atomic E-state index is -3.51. The van der Waals surface area contributed by atoms with Crippen LogP contribution < -0.4 is 9.62 Å². The van der Waals surface area contributed by atoms with Crippen LogP contribution in [-0.2, 0) is 10.0 Å². The van der Waals surface area contributed by atoms with Gasteiger partial charge in [0.15, 0.2) is 5.58 Å². The zero-order valence-electron chi connectivity index (χ0n) is 13.6. The van der Waals surface area contributed by atoms with Gasteiger partial charge >= 0.3 is 0 Å². The predicted molar refractivity (Wildman–Crippen MR) is 96.0 cm³/mol. The van der Waals surface area contributed by atoms with Crippen LogP contribution >= 0.6 is 0 Å². The maximum Gasteiger partial charge on any atom is 0.298 e. The average Bonchev–Trinajstić information content (AvgIpc) is 3.27. The third-order valence-corrected chi connectivity index (χ3v) is 5.91. The van der Waals surface area contributed by atoms with E-state index in [1.54, 1.807) is 30.3 Å². The summed E-state index contributed by atoms with van der Waals surface area (Å²) in [7, 11) is -3.51. The number of para-hydroxylation sites is 2. The van der Waals surface area contributed by atoms with Crippen LogP contribution in [0.2, 0.25) is 0 Å². The summed E-state index contributed by atoms with van der Waals surface area (Å²) in [5.74, 6) is 0. The molecule has 0 spiro atoms. The van der Waals surface area contributed by atoms with Gasteiger partial charge in [-0.05, 0) is 37.1 Å². The fraction of sp³-hybridized carbons (Fsp3) is 0.278. The number of hydrogen-bond donors (Lipinski definition) is 1. The third kappa shape index (κ3) is 3.25. The monoisotopic (exact) mass is 357 g/mol. The highest BCUT2D eigenvalue weighted by atomic mass is 32.2. The second-order valence-electron chi connectivity index (χ2n) is 6.12. The molecule has 3 aromatic rings. The highest BCUT2D eigenvalue weighted by Gasteiger charge is 2.29. The summed E-state index contributed by atoms with van der Waals surface area (Å²) in [6, 6.07) is 16.6. The third-order valence-electron chi connectivity index (χ3n) is 4.47. The number of anilines is 1. The second-order valence-corrected chi connectivity index (χ2v) is 7.89. The smallest absolute Gasteiger partial charge is 0.298 e. The lowest BCUT2D eigenvalue weighted by Gasteiger charge is -2.23. The normalized spacial score (nSPS) is 18.1. The van der Waals surface area contributed by atoms with Gasteiger partial charge in [-0.1, -0.05) is 30.3 Å². The molecule has 2 heterocycles. The number of hydrogen-bond acceptors (Lipinski definition) is 5. The van der Waals surface area contributed by atoms with Gasteiger partial charge in [-0.15, -0.1) is 0 Å². The van der Waals surface area contributed by atoms with Crippen LogP contribution in [0, 0.1) is 0 Å². The van der Waals surface area contributed by atoms with E-state index >= 15 is 0 Å². The van der Waals surface area contributed by atoms with E-state index in [-0.39, 0.29) is 10.9 Å². The fourth-order valence-corrected chi connectivity index (χ4v) is 4.27. The number of sulfonamides is 1. The van der Waals surface area contributed by atoms with Gasteiger partial charge in [0, 0.05) is 19.1 Å². The number of oxazole rings is 1. The lowest BCUT2D eigenvalue weighted by atomic mass is 10.2. The standard InChI is InChI=1S/C18H19N3O3S/c22-25(23,15-8-2-1-3-9-15)19-13-14-7-6-12-21(14)18-20-16-10-4-5-11-17(16)24-18/h1-5,8-11,14,19H,6-7,12-13H2. The summed E-state index contributed by atoms with van der Waals surface area (Å²) in [4.78, 5) is 6.86. The van der Waals surface area contributed by atoms with Gasteiger partial charge in [0.25, 0.3) is 6.01 Å². The second kappa shape index (κ2) is 6.50. The molecule has 130 valence electrons. The van der Waals surface area contributed by atoms with Crippen LogP contribution in [0.3, 0.4) is 0 Å². The Labute approximate surface area is 146 Å². The van der Waals surface area contributed by atoms with E-state index in [4.69, 9.17) is 4.42 Å². The van der Waals surface area contributed by atoms with E-state index in [0.29, 0.717) is 12.6 Å². The number of fused-ring (bicyclic) bond motifs is 1. The summed E-state index contributed by atoms with van der Waals surface area (Å²) in [5.41, 5.74) is 1.56. The molecule has 25 heavy (non-hydrogen) atoms. The first-order valence-corrected chi connectivity index (χ1v) is 9.79. The van der Waals surface area contributed by atoms with Crippen molar-refractivity contribution >= 4 is 27.1 Å². The highest BCUT2D eigenvalue weighted by molar-refractivity contribution is 7.89. The van der Waals surface area contributed by atoms with E-state index in [0.717, 1.165) is 30.5 Å². The molecular weight excluding hydrogens is 338 g/mol. The van der Waals surface area contributed by atoms with Crippen LogP contribution in [0.15, 0.2) is 63.9 Å². The van der Waals surface area contributed by atoms with Crippen molar-refractivity contribution < 1.29 is 12.8 Å². The molecule has 6 nitrogen and oxygen atoms in total. The van der Waals surface area contributed by atoms with Crippen molar-refractivity contribution in [1.29, 1.82) is 0 Å². The number of nitrogens with one attached hydrogen (secondary N) is 1. The zero-order chi connectivity index (χ0) is 17.3. The molecule has 2 aromatic carbocycles. The Morgan fingerprint density at radius 1 is 1.12 bits per heavy atom. The maximum atomic E-state index is 12.4. The largest absolute Gasteiger partial charge is 0.423 e. The topological polar surface area (TPSA) is 75.4 Å². The minimum absolute atomic E-state index is 0.0338. The maximum absolute atomic E-state index is 12.4. The van der Waals surface area contributed by atoms with Crippen molar-refractivity contribution in [2.45, 2.75) is 23.8 Å². The lowest BCUT2D eigenvalue weighted by Crippen LogP contribution is -2.40. The molecule has 1 fully saturated rings. The van der Waals surface area contributed by atoms with Crippen molar-refractivity contribution in [2.75, 3.05) is 18.0 Å². The zero-order valence-corrected chi connectivity index (χ0v) is 14.4. The Kier molecular flexibility index (Phi) is 4.19. The van der Waals surface area contributed by atoms with Gasteiger partial charge in [-0.2, -0.15) is 4.98 Å². The Morgan fingerprint density at radius 2 is 1.88 bits per heavy atom. The molecule has 0 saturated carbocycles. The van der Waals surface area contributed by atoms with Crippen LogP contribution in [0.4, 0.5) is 6.01 Å². The van der Waals surface area contributed by atoms with Crippen molar-refractivity contribution in [3.05, 3.63) is 54.6 Å². The van der Waals surface area contributed by atoms with Crippen LogP contribution in [0.1, 0.15) is 12.8 Å².